The van der Waals surface area contributed by atoms with E-state index in [2.05, 4.69) is 0 Å². The summed E-state index contributed by atoms with van der Waals surface area (Å²) >= 11 is 0. The highest BCUT2D eigenvalue weighted by Gasteiger charge is 2.19. The third-order valence-corrected chi connectivity index (χ3v) is 5.82. The number of aryl methyl sites for hydroxylation is 1. The van der Waals surface area contributed by atoms with Crippen molar-refractivity contribution in [2.24, 2.45) is 0 Å². The average molecular weight is 457 g/mol. The van der Waals surface area contributed by atoms with Gasteiger partial charge in [-0.05, 0) is 48.9 Å². The number of nitrogens with two attached hydrogens (primary N) is 1. The number of hydrogen-bond acceptors (Lipinski definition) is 6. The van der Waals surface area contributed by atoms with Gasteiger partial charge >= 0.3 is 10.1 Å². The average Bonchev–Trinajstić information content (AvgIpc) is 2.74. The number of amides is 1. The molecule has 0 saturated heterocycles. The van der Waals surface area contributed by atoms with Crippen molar-refractivity contribution in [2.75, 3.05) is 26.4 Å². The van der Waals surface area contributed by atoms with Crippen molar-refractivity contribution in [1.82, 2.24) is 4.90 Å². The Balaban J connectivity index is 1.69. The molecule has 0 atom stereocenters. The Hall–Kier alpha value is -3.59. The first-order valence-electron chi connectivity index (χ1n) is 9.89. The van der Waals surface area contributed by atoms with Gasteiger partial charge in [0.1, 0.15) is 23.0 Å². The number of carbonyl (C=O) groups is 1. The summed E-state index contributed by atoms with van der Waals surface area (Å²) in [5.41, 5.74) is 7.54. The van der Waals surface area contributed by atoms with E-state index in [4.69, 9.17) is 14.7 Å². The molecule has 3 rings (SSSR count). The Bertz CT molecular complexity index is 1190. The van der Waals surface area contributed by atoms with Crippen LogP contribution in [0.1, 0.15) is 15.9 Å². The molecule has 0 fully saturated rings. The third kappa shape index (κ3) is 5.98. The van der Waals surface area contributed by atoms with Crippen LogP contribution < -0.4 is 19.2 Å². The van der Waals surface area contributed by atoms with Gasteiger partial charge in [0.15, 0.2) is 18.9 Å². The molecule has 168 valence electrons. The summed E-state index contributed by atoms with van der Waals surface area (Å²) < 4.78 is 38.4. The second kappa shape index (κ2) is 9.69. The van der Waals surface area contributed by atoms with Crippen molar-refractivity contribution in [3.8, 4) is 11.5 Å². The molecule has 1 amide bonds. The lowest BCUT2D eigenvalue weighted by Gasteiger charge is -2.12. The van der Waals surface area contributed by atoms with Crippen LogP contribution >= 0.6 is 0 Å². The van der Waals surface area contributed by atoms with Crippen molar-refractivity contribution in [2.45, 2.75) is 18.4 Å². The van der Waals surface area contributed by atoms with Crippen LogP contribution in [0.2, 0.25) is 0 Å². The topological polar surface area (TPSA) is 103 Å². The fourth-order valence-electron chi connectivity index (χ4n) is 2.93. The molecule has 2 aromatic carbocycles. The van der Waals surface area contributed by atoms with Crippen molar-refractivity contribution >= 4 is 21.7 Å². The summed E-state index contributed by atoms with van der Waals surface area (Å²) in [5.74, 6) is 0.430. The smallest absolute Gasteiger partial charge is 0.339 e. The monoisotopic (exact) mass is 456 g/mol. The lowest BCUT2D eigenvalue weighted by atomic mass is 10.2. The summed E-state index contributed by atoms with van der Waals surface area (Å²) in [6.07, 6.45) is 3.71. The van der Waals surface area contributed by atoms with Crippen molar-refractivity contribution < 1.29 is 26.7 Å². The number of benzene rings is 2. The molecule has 0 bridgehead atoms. The van der Waals surface area contributed by atoms with E-state index in [1.807, 2.05) is 23.9 Å². The third-order valence-electron chi connectivity index (χ3n) is 4.56. The van der Waals surface area contributed by atoms with Gasteiger partial charge in [-0.1, -0.05) is 0 Å². The van der Waals surface area contributed by atoms with Gasteiger partial charge in [-0.3, -0.25) is 4.79 Å². The minimum absolute atomic E-state index is 0.0449. The van der Waals surface area contributed by atoms with E-state index in [-0.39, 0.29) is 16.6 Å². The quantitative estimate of drug-likeness (QED) is 0.413. The number of rotatable bonds is 8. The standard InChI is InChI=1S/C23H25N3O5S/c1-17-14-20(30-13-12-26-10-8-19(24)9-11-26)16-21(15-17)31-32(28,29)22-6-4-18(5-7-22)23(27)25(2)3/h4-11,14-16,24H,12-13H2,1-3H3/p+1. The molecule has 2 N–H and O–H groups in total. The fourth-order valence-corrected chi connectivity index (χ4v) is 3.84. The number of hydrogen-bond donors (Lipinski definition) is 1. The van der Waals surface area contributed by atoms with E-state index in [9.17, 15) is 13.2 Å². The maximum absolute atomic E-state index is 12.7. The zero-order chi connectivity index (χ0) is 23.3. The summed E-state index contributed by atoms with van der Waals surface area (Å²) in [6.45, 7) is 2.80. The van der Waals surface area contributed by atoms with E-state index >= 15 is 0 Å². The molecule has 3 aromatic rings. The molecule has 9 heteroatoms. The number of nitrogen functional groups attached to an aromatic ring is 1. The molecular weight excluding hydrogens is 430 g/mol. The van der Waals surface area contributed by atoms with Crippen molar-refractivity contribution in [1.29, 1.82) is 0 Å². The van der Waals surface area contributed by atoms with Crippen LogP contribution in [-0.4, -0.2) is 39.9 Å². The molecule has 1 heterocycles. The molecule has 1 aromatic heterocycles. The van der Waals surface area contributed by atoms with Gasteiger partial charge in [-0.2, -0.15) is 8.42 Å². The van der Waals surface area contributed by atoms with E-state index in [1.54, 1.807) is 38.4 Å². The lowest BCUT2D eigenvalue weighted by molar-refractivity contribution is -0.697. The van der Waals surface area contributed by atoms with Crippen LogP contribution in [0.4, 0.5) is 5.69 Å². The fraction of sp³-hybridized carbons (Fsp3) is 0.217. The molecule has 32 heavy (non-hydrogen) atoms. The number of anilines is 1. The number of ether oxygens (including phenoxy) is 1. The maximum atomic E-state index is 12.7. The minimum Gasteiger partial charge on any atom is -0.487 e. The SMILES string of the molecule is Cc1cc(OCC[n+]2ccc(N)cc2)cc(OS(=O)(=O)c2ccc(C(=O)N(C)C)cc2)c1. The van der Waals surface area contributed by atoms with Gasteiger partial charge in [0.05, 0.1) is 0 Å². The van der Waals surface area contributed by atoms with Crippen LogP contribution in [0.5, 0.6) is 11.5 Å². The molecule has 8 nitrogen and oxygen atoms in total. The Morgan fingerprint density at radius 3 is 2.25 bits per heavy atom. The van der Waals surface area contributed by atoms with Crippen LogP contribution in [0, 0.1) is 6.92 Å². The van der Waals surface area contributed by atoms with Crippen LogP contribution in [-0.2, 0) is 16.7 Å². The second-order valence-corrected chi connectivity index (χ2v) is 9.01. The first-order chi connectivity index (χ1) is 15.1. The maximum Gasteiger partial charge on any atom is 0.339 e. The highest BCUT2D eigenvalue weighted by Crippen LogP contribution is 2.26. The Labute approximate surface area is 187 Å². The Morgan fingerprint density at radius 2 is 1.62 bits per heavy atom. The Kier molecular flexibility index (Phi) is 6.99. The van der Waals surface area contributed by atoms with Crippen LogP contribution in [0.3, 0.4) is 0 Å². The first kappa shape index (κ1) is 23.1. The van der Waals surface area contributed by atoms with E-state index in [0.29, 0.717) is 30.2 Å². The van der Waals surface area contributed by atoms with Gasteiger partial charge in [-0.15, -0.1) is 0 Å². The molecule has 0 aliphatic rings. The molecule has 0 radical (unpaired) electrons. The van der Waals surface area contributed by atoms with E-state index in [0.717, 1.165) is 5.56 Å². The van der Waals surface area contributed by atoms with Gasteiger partial charge in [-0.25, -0.2) is 4.57 Å². The molecule has 0 saturated carbocycles. The van der Waals surface area contributed by atoms with Crippen LogP contribution in [0.15, 0.2) is 71.9 Å². The first-order valence-corrected chi connectivity index (χ1v) is 11.3. The number of nitrogens with zero attached hydrogens (tertiary/aromatic N) is 2. The number of aromatic nitrogens is 1. The van der Waals surface area contributed by atoms with E-state index in [1.165, 1.54) is 35.2 Å². The van der Waals surface area contributed by atoms with Gasteiger partial charge in [0.2, 0.25) is 0 Å². The van der Waals surface area contributed by atoms with Gasteiger partial charge < -0.3 is 19.6 Å². The molecular formula is C23H26N3O5S+. The lowest BCUT2D eigenvalue weighted by Crippen LogP contribution is -2.35. The zero-order valence-corrected chi connectivity index (χ0v) is 19.0. The highest BCUT2D eigenvalue weighted by atomic mass is 32.2. The summed E-state index contributed by atoms with van der Waals surface area (Å²) in [4.78, 5) is 13.4. The second-order valence-electron chi connectivity index (χ2n) is 7.46. The number of pyridine rings is 1. The zero-order valence-electron chi connectivity index (χ0n) is 18.2. The molecule has 0 aliphatic heterocycles. The largest absolute Gasteiger partial charge is 0.487 e. The number of carbonyl (C=O) groups excluding carboxylic acids is 1. The van der Waals surface area contributed by atoms with Crippen molar-refractivity contribution in [3.05, 3.63) is 78.1 Å². The minimum atomic E-state index is -4.07. The predicted molar refractivity (Wildman–Crippen MR) is 120 cm³/mol. The normalized spacial score (nSPS) is 11.1. The van der Waals surface area contributed by atoms with Gasteiger partial charge in [0.25, 0.3) is 5.91 Å². The van der Waals surface area contributed by atoms with Crippen molar-refractivity contribution in [3.63, 3.8) is 0 Å². The molecule has 0 aliphatic carbocycles. The summed E-state index contributed by atoms with van der Waals surface area (Å²) in [6, 6.07) is 14.2. The summed E-state index contributed by atoms with van der Waals surface area (Å²) in [7, 11) is -0.820. The predicted octanol–water partition coefficient (Wildman–Crippen LogP) is 2.41. The molecule has 0 unspecified atom stereocenters. The van der Waals surface area contributed by atoms with E-state index < -0.39 is 10.1 Å². The molecule has 0 spiro atoms. The van der Waals surface area contributed by atoms with Gasteiger partial charge in [0, 0.05) is 43.5 Å². The van der Waals surface area contributed by atoms with Crippen LogP contribution in [0.25, 0.3) is 0 Å². The Morgan fingerprint density at radius 1 is 1.00 bits per heavy atom. The summed E-state index contributed by atoms with van der Waals surface area (Å²) in [5, 5.41) is 0. The highest BCUT2D eigenvalue weighted by molar-refractivity contribution is 7.87.